The minimum absolute atomic E-state index is 0.0763. The summed E-state index contributed by atoms with van der Waals surface area (Å²) in [6.45, 7) is -0.0973. The Morgan fingerprint density at radius 1 is 0.944 bits per heavy atom. The molecule has 0 saturated heterocycles. The van der Waals surface area contributed by atoms with E-state index in [2.05, 4.69) is 21.0 Å². The summed E-state index contributed by atoms with van der Waals surface area (Å²) in [5, 5.41) is 32.5. The highest BCUT2D eigenvalue weighted by Gasteiger charge is 2.29. The van der Waals surface area contributed by atoms with Crippen molar-refractivity contribution in [3.05, 3.63) is 78.5 Å². The fraction of sp³-hybridized carbons (Fsp3) is 0.222. The second-order valence-electron chi connectivity index (χ2n) is 8.89. The van der Waals surface area contributed by atoms with Crippen LogP contribution in [0.3, 0.4) is 0 Å². The number of hydrogen-bond acceptors (Lipinski definition) is 6. The molecule has 36 heavy (non-hydrogen) atoms. The Morgan fingerprint density at radius 2 is 1.64 bits per heavy atom. The van der Waals surface area contributed by atoms with E-state index in [0.29, 0.717) is 11.3 Å². The van der Waals surface area contributed by atoms with Crippen LogP contribution in [0.2, 0.25) is 0 Å². The normalized spacial score (nSPS) is 13.8. The van der Waals surface area contributed by atoms with Gasteiger partial charge in [-0.3, -0.25) is 9.59 Å². The fourth-order valence-corrected chi connectivity index (χ4v) is 3.84. The Morgan fingerprint density at radius 3 is 2.33 bits per heavy atom. The van der Waals surface area contributed by atoms with E-state index >= 15 is 0 Å². The Kier molecular flexibility index (Phi) is 6.66. The number of anilines is 3. The van der Waals surface area contributed by atoms with E-state index in [9.17, 15) is 14.7 Å². The van der Waals surface area contributed by atoms with Gasteiger partial charge in [0.2, 0.25) is 5.91 Å². The monoisotopic (exact) mass is 485 g/mol. The number of carbonyl (C=O) groups is 2. The molecular weight excluding hydrogens is 458 g/mol. The van der Waals surface area contributed by atoms with E-state index in [0.717, 1.165) is 40.8 Å². The number of hydrogen-bond donors (Lipinski definition) is 5. The third-order valence-corrected chi connectivity index (χ3v) is 6.05. The first-order valence-electron chi connectivity index (χ1n) is 11.8. The quantitative estimate of drug-likeness (QED) is 0.247. The van der Waals surface area contributed by atoms with Gasteiger partial charge in [0.1, 0.15) is 0 Å². The number of aliphatic hydroxyl groups excluding tert-OH is 2. The van der Waals surface area contributed by atoms with Crippen molar-refractivity contribution in [2.75, 3.05) is 29.1 Å². The first-order valence-corrected chi connectivity index (χ1v) is 11.8. The van der Waals surface area contributed by atoms with E-state index in [-0.39, 0.29) is 30.9 Å². The summed E-state index contributed by atoms with van der Waals surface area (Å²) in [5.41, 5.74) is 4.41. The molecule has 1 aliphatic rings. The molecule has 1 atom stereocenters. The maximum atomic E-state index is 12.7. The summed E-state index contributed by atoms with van der Waals surface area (Å²) in [5.74, 6) is -0.0111. The average Bonchev–Trinajstić information content (AvgIpc) is 3.68. The second kappa shape index (κ2) is 10.2. The van der Waals surface area contributed by atoms with Crippen LogP contribution >= 0.6 is 0 Å². The lowest BCUT2D eigenvalue weighted by atomic mass is 10.1. The first-order chi connectivity index (χ1) is 17.5. The fourth-order valence-electron chi connectivity index (χ4n) is 3.84. The van der Waals surface area contributed by atoms with Gasteiger partial charge in [0.25, 0.3) is 5.91 Å². The highest BCUT2D eigenvalue weighted by Crippen LogP contribution is 2.30. The van der Waals surface area contributed by atoms with Crippen LogP contribution in [0.4, 0.5) is 17.1 Å². The Hall–Kier alpha value is -4.21. The van der Waals surface area contributed by atoms with Gasteiger partial charge in [0.15, 0.2) is 0 Å². The summed E-state index contributed by atoms with van der Waals surface area (Å²) in [7, 11) is 0. The van der Waals surface area contributed by atoms with Crippen LogP contribution in [0.25, 0.3) is 16.6 Å². The number of aliphatic hydroxyl groups is 2. The highest BCUT2D eigenvalue weighted by atomic mass is 16.3. The smallest absolute Gasteiger partial charge is 0.255 e. The zero-order valence-corrected chi connectivity index (χ0v) is 19.5. The van der Waals surface area contributed by atoms with Gasteiger partial charge in [-0.15, -0.1) is 0 Å². The van der Waals surface area contributed by atoms with Crippen LogP contribution in [0.5, 0.6) is 0 Å². The Labute approximate surface area is 207 Å². The molecule has 1 saturated carbocycles. The van der Waals surface area contributed by atoms with Gasteiger partial charge in [-0.05, 0) is 79.6 Å². The zero-order valence-electron chi connectivity index (χ0n) is 19.5. The second-order valence-corrected chi connectivity index (χ2v) is 8.89. The minimum atomic E-state index is -0.841. The number of aromatic nitrogens is 2. The molecular formula is C27H27N5O4. The van der Waals surface area contributed by atoms with Gasteiger partial charge >= 0.3 is 0 Å². The molecule has 5 N–H and O–H groups in total. The Balaban J connectivity index is 1.24. The molecule has 1 unspecified atom stereocenters. The SMILES string of the molecule is O=C(Nc1ccc2c(cnn2-c2ccc(NC(=O)C3CC3)cc2)c1)c1ccc(NCC(O)CO)cc1. The molecule has 0 aliphatic heterocycles. The van der Waals surface area contributed by atoms with Crippen molar-refractivity contribution in [3.8, 4) is 5.69 Å². The third-order valence-electron chi connectivity index (χ3n) is 6.05. The van der Waals surface area contributed by atoms with Crippen LogP contribution in [0.1, 0.15) is 23.2 Å². The molecule has 5 rings (SSSR count). The summed E-state index contributed by atoms with van der Waals surface area (Å²) < 4.78 is 1.81. The molecule has 1 aliphatic carbocycles. The molecule has 0 bridgehead atoms. The number of rotatable bonds is 9. The van der Waals surface area contributed by atoms with Crippen molar-refractivity contribution in [1.82, 2.24) is 9.78 Å². The van der Waals surface area contributed by atoms with Crippen molar-refractivity contribution in [3.63, 3.8) is 0 Å². The Bertz CT molecular complexity index is 1380. The zero-order chi connectivity index (χ0) is 25.1. The van der Waals surface area contributed by atoms with Crippen LogP contribution in [-0.2, 0) is 4.79 Å². The number of nitrogens with one attached hydrogen (secondary N) is 3. The van der Waals surface area contributed by atoms with E-state index in [1.54, 1.807) is 30.5 Å². The van der Waals surface area contributed by atoms with Gasteiger partial charge in [0, 0.05) is 40.5 Å². The maximum absolute atomic E-state index is 12.7. The number of fused-ring (bicyclic) bond motifs is 1. The molecule has 0 spiro atoms. The van der Waals surface area contributed by atoms with E-state index in [4.69, 9.17) is 5.11 Å². The summed E-state index contributed by atoms with van der Waals surface area (Å²) >= 11 is 0. The third kappa shape index (κ3) is 5.37. The minimum Gasteiger partial charge on any atom is -0.394 e. The predicted molar refractivity (Wildman–Crippen MR) is 138 cm³/mol. The van der Waals surface area contributed by atoms with Gasteiger partial charge in [-0.2, -0.15) is 5.10 Å². The predicted octanol–water partition coefficient (Wildman–Crippen LogP) is 3.39. The van der Waals surface area contributed by atoms with Crippen LogP contribution in [0.15, 0.2) is 72.9 Å². The molecule has 3 aromatic carbocycles. The molecule has 1 fully saturated rings. The number of carbonyl (C=O) groups excluding carboxylic acids is 2. The summed E-state index contributed by atoms with van der Waals surface area (Å²) in [4.78, 5) is 24.7. The topological polar surface area (TPSA) is 129 Å². The van der Waals surface area contributed by atoms with Crippen LogP contribution in [0, 0.1) is 5.92 Å². The molecule has 1 heterocycles. The van der Waals surface area contributed by atoms with Crippen LogP contribution < -0.4 is 16.0 Å². The van der Waals surface area contributed by atoms with Crippen molar-refractivity contribution in [1.29, 1.82) is 0 Å². The van der Waals surface area contributed by atoms with E-state index < -0.39 is 6.10 Å². The molecule has 1 aromatic heterocycles. The molecule has 9 nitrogen and oxygen atoms in total. The molecule has 2 amide bonds. The van der Waals surface area contributed by atoms with Crippen molar-refractivity contribution >= 4 is 39.8 Å². The lowest BCUT2D eigenvalue weighted by Gasteiger charge is -2.11. The van der Waals surface area contributed by atoms with Crippen molar-refractivity contribution in [2.24, 2.45) is 5.92 Å². The largest absolute Gasteiger partial charge is 0.394 e. The van der Waals surface area contributed by atoms with Crippen LogP contribution in [-0.4, -0.2) is 51.1 Å². The highest BCUT2D eigenvalue weighted by molar-refractivity contribution is 6.05. The van der Waals surface area contributed by atoms with E-state index in [1.807, 2.05) is 47.1 Å². The van der Waals surface area contributed by atoms with Gasteiger partial charge in [-0.25, -0.2) is 4.68 Å². The average molecular weight is 486 g/mol. The number of amides is 2. The van der Waals surface area contributed by atoms with Gasteiger partial charge in [0.05, 0.1) is 30.1 Å². The summed E-state index contributed by atoms with van der Waals surface area (Å²) in [6.07, 6.45) is 2.83. The lowest BCUT2D eigenvalue weighted by molar-refractivity contribution is -0.117. The first kappa shape index (κ1) is 23.5. The maximum Gasteiger partial charge on any atom is 0.255 e. The van der Waals surface area contributed by atoms with Crippen molar-refractivity contribution < 1.29 is 19.8 Å². The molecule has 9 heteroatoms. The molecule has 184 valence electrons. The number of benzene rings is 3. The van der Waals surface area contributed by atoms with Gasteiger partial charge in [-0.1, -0.05) is 0 Å². The summed E-state index contributed by atoms with van der Waals surface area (Å²) in [6, 6.07) is 20.0. The van der Waals surface area contributed by atoms with E-state index in [1.165, 1.54) is 0 Å². The molecule has 0 radical (unpaired) electrons. The standard InChI is InChI=1S/C27H27N5O4/c33-16-24(34)15-28-20-5-3-18(4-6-20)27(36)31-22-9-12-25-19(13-22)14-29-32(25)23-10-7-21(8-11-23)30-26(35)17-1-2-17/h3-14,17,24,28,33-34H,1-2,15-16H2,(H,30,35)(H,31,36). The lowest BCUT2D eigenvalue weighted by Crippen LogP contribution is -2.22. The number of nitrogens with zero attached hydrogens (tertiary/aromatic N) is 2. The van der Waals surface area contributed by atoms with Crippen molar-refractivity contribution in [2.45, 2.75) is 18.9 Å². The van der Waals surface area contributed by atoms with Gasteiger partial charge < -0.3 is 26.2 Å². The molecule has 4 aromatic rings.